The maximum atomic E-state index is 14.1. The Labute approximate surface area is 208 Å². The molecule has 178 valence electrons. The number of nitriles is 1. The van der Waals surface area contributed by atoms with E-state index in [1.165, 1.54) is 6.07 Å². The number of carbonyl (C=O) groups is 1. The van der Waals surface area contributed by atoms with Crippen molar-refractivity contribution in [2.45, 2.75) is 26.2 Å². The molecule has 0 unspecified atom stereocenters. The molecule has 0 atom stereocenters. The van der Waals surface area contributed by atoms with Gasteiger partial charge in [0.15, 0.2) is 0 Å². The summed E-state index contributed by atoms with van der Waals surface area (Å²) in [4.78, 5) is 15.3. The number of hydrogen-bond acceptors (Lipinski definition) is 3. The minimum atomic E-state index is -1.01. The van der Waals surface area contributed by atoms with Crippen LogP contribution in [-0.2, 0) is 4.79 Å². The van der Waals surface area contributed by atoms with Crippen molar-refractivity contribution in [1.29, 1.82) is 5.26 Å². The second kappa shape index (κ2) is 9.63. The fraction of sp³-hybridized carbons (Fsp3) is 0.167. The first-order chi connectivity index (χ1) is 17.5. The molecule has 0 aliphatic heterocycles. The fourth-order valence-corrected chi connectivity index (χ4v) is 4.88. The summed E-state index contributed by atoms with van der Waals surface area (Å²) in [5, 5.41) is 19.2. The van der Waals surface area contributed by atoms with Crippen molar-refractivity contribution in [2.75, 3.05) is 0 Å². The summed E-state index contributed by atoms with van der Waals surface area (Å²) >= 11 is 0. The second-order valence-electron chi connectivity index (χ2n) is 9.03. The van der Waals surface area contributed by atoms with Crippen LogP contribution in [0.1, 0.15) is 52.8 Å². The maximum Gasteiger partial charge on any atom is 0.328 e. The Morgan fingerprint density at radius 1 is 1.14 bits per heavy atom. The molecule has 1 aliphatic carbocycles. The van der Waals surface area contributed by atoms with Gasteiger partial charge >= 0.3 is 5.97 Å². The summed E-state index contributed by atoms with van der Waals surface area (Å²) in [5.41, 5.74) is 7.45. The fourth-order valence-electron chi connectivity index (χ4n) is 4.88. The summed E-state index contributed by atoms with van der Waals surface area (Å²) in [7, 11) is 0. The van der Waals surface area contributed by atoms with Gasteiger partial charge in [0.2, 0.25) is 0 Å². The monoisotopic (exact) mass is 477 g/mol. The number of imidazole rings is 1. The van der Waals surface area contributed by atoms with Crippen LogP contribution in [0.3, 0.4) is 0 Å². The molecule has 5 rings (SSSR count). The lowest BCUT2D eigenvalue weighted by Crippen LogP contribution is -2.16. The number of aromatic nitrogens is 2. The zero-order valence-electron chi connectivity index (χ0n) is 19.8. The number of fused-ring (bicyclic) bond motifs is 1. The van der Waals surface area contributed by atoms with Gasteiger partial charge in [-0.1, -0.05) is 36.8 Å². The van der Waals surface area contributed by atoms with Gasteiger partial charge in [-0.25, -0.2) is 14.2 Å². The molecule has 0 amide bonds. The van der Waals surface area contributed by atoms with Gasteiger partial charge in [-0.15, -0.1) is 0 Å². The first kappa shape index (κ1) is 23.3. The van der Waals surface area contributed by atoms with Crippen LogP contribution in [0.2, 0.25) is 0 Å². The van der Waals surface area contributed by atoms with Crippen molar-refractivity contribution in [1.82, 2.24) is 9.38 Å². The third-order valence-corrected chi connectivity index (χ3v) is 6.82. The average Bonchev–Trinajstić information content (AvgIpc) is 3.31. The van der Waals surface area contributed by atoms with Crippen molar-refractivity contribution in [3.8, 4) is 6.07 Å². The van der Waals surface area contributed by atoms with Crippen LogP contribution in [-0.4, -0.2) is 20.5 Å². The molecule has 2 aromatic carbocycles. The summed E-state index contributed by atoms with van der Waals surface area (Å²) in [5.74, 6) is -1.01. The molecule has 1 N–H and O–H groups in total. The molecule has 0 saturated heterocycles. The molecular formula is C30H24FN3O2. The lowest BCUT2D eigenvalue weighted by molar-refractivity contribution is -0.131. The molecule has 5 nitrogen and oxygen atoms in total. The number of aliphatic carboxylic acids is 1. The van der Waals surface area contributed by atoms with Crippen molar-refractivity contribution in [2.24, 2.45) is 5.92 Å². The van der Waals surface area contributed by atoms with E-state index < -0.39 is 5.97 Å². The Kier molecular flexibility index (Phi) is 6.22. The SMILES string of the molecule is Cc1cc(F)ccc1C(=C(c1ccc(C=CC(=O)O)cc1)c1ccc2nccn2c1C#N)C1CCC1. The van der Waals surface area contributed by atoms with Crippen LogP contribution in [0.25, 0.3) is 22.9 Å². The molecule has 2 aromatic heterocycles. The normalized spacial score (nSPS) is 14.5. The topological polar surface area (TPSA) is 78.4 Å². The van der Waals surface area contributed by atoms with E-state index in [9.17, 15) is 14.4 Å². The van der Waals surface area contributed by atoms with Crippen molar-refractivity contribution in [3.05, 3.63) is 112 Å². The Morgan fingerprint density at radius 2 is 1.89 bits per heavy atom. The second-order valence-corrected chi connectivity index (χ2v) is 9.03. The number of pyridine rings is 1. The lowest BCUT2D eigenvalue weighted by atomic mass is 9.72. The first-order valence-corrected chi connectivity index (χ1v) is 11.8. The number of aryl methyl sites for hydroxylation is 1. The Morgan fingerprint density at radius 3 is 2.53 bits per heavy atom. The van der Waals surface area contributed by atoms with E-state index in [-0.39, 0.29) is 11.7 Å². The highest BCUT2D eigenvalue weighted by Gasteiger charge is 2.29. The highest BCUT2D eigenvalue weighted by Crippen LogP contribution is 2.46. The Bertz CT molecular complexity index is 1570. The van der Waals surface area contributed by atoms with E-state index in [2.05, 4.69) is 11.1 Å². The van der Waals surface area contributed by atoms with Gasteiger partial charge in [-0.2, -0.15) is 5.26 Å². The molecule has 36 heavy (non-hydrogen) atoms. The summed E-state index contributed by atoms with van der Waals surface area (Å²) in [6, 6.07) is 18.7. The molecule has 1 fully saturated rings. The smallest absolute Gasteiger partial charge is 0.328 e. The predicted octanol–water partition coefficient (Wildman–Crippen LogP) is 6.51. The van der Waals surface area contributed by atoms with Gasteiger partial charge in [0.25, 0.3) is 0 Å². The molecule has 0 bridgehead atoms. The van der Waals surface area contributed by atoms with Gasteiger partial charge in [0.05, 0.1) is 0 Å². The zero-order chi connectivity index (χ0) is 25.2. The summed E-state index contributed by atoms with van der Waals surface area (Å²) in [6.07, 6.45) is 9.25. The van der Waals surface area contributed by atoms with Crippen LogP contribution in [0.5, 0.6) is 0 Å². The Hall–Kier alpha value is -4.50. The highest BCUT2D eigenvalue weighted by atomic mass is 19.1. The number of carboxylic acid groups (broad SMARTS) is 1. The van der Waals surface area contributed by atoms with Crippen molar-refractivity contribution in [3.63, 3.8) is 0 Å². The van der Waals surface area contributed by atoms with Crippen molar-refractivity contribution < 1.29 is 14.3 Å². The number of nitrogens with zero attached hydrogens (tertiary/aromatic N) is 3. The van der Waals surface area contributed by atoms with E-state index >= 15 is 0 Å². The molecule has 0 radical (unpaired) electrons. The number of carboxylic acids is 1. The first-order valence-electron chi connectivity index (χ1n) is 11.8. The molecular weight excluding hydrogens is 453 g/mol. The number of rotatable bonds is 6. The molecule has 1 aliphatic rings. The van der Waals surface area contributed by atoms with Crippen LogP contribution >= 0.6 is 0 Å². The third kappa shape index (κ3) is 4.32. The van der Waals surface area contributed by atoms with Gasteiger partial charge in [-0.3, -0.25) is 4.40 Å². The molecule has 2 heterocycles. The number of benzene rings is 2. The van der Waals surface area contributed by atoms with E-state index in [1.54, 1.807) is 28.9 Å². The Balaban J connectivity index is 1.82. The van der Waals surface area contributed by atoms with Gasteiger partial charge in [-0.05, 0) is 89.4 Å². The lowest BCUT2D eigenvalue weighted by Gasteiger charge is -2.32. The van der Waals surface area contributed by atoms with Gasteiger partial charge in [0, 0.05) is 24.0 Å². The van der Waals surface area contributed by atoms with Gasteiger partial charge < -0.3 is 5.11 Å². The van der Waals surface area contributed by atoms with Crippen LogP contribution in [0.4, 0.5) is 4.39 Å². The summed E-state index contributed by atoms with van der Waals surface area (Å²) in [6.45, 7) is 1.92. The number of halogens is 1. The average molecular weight is 478 g/mol. The zero-order valence-corrected chi connectivity index (χ0v) is 19.8. The van der Waals surface area contributed by atoms with E-state index in [1.807, 2.05) is 49.4 Å². The standard InChI is InChI=1S/C30H24FN3O2/c1-19-17-23(31)10-11-24(19)29(21-3-2-4-21)30(22-8-5-20(6-9-22)7-14-28(35)36)25-12-13-27-33-15-16-34(27)26(25)18-32/h5-17,21H,2-4H2,1H3,(H,35,36). The number of allylic oxidation sites excluding steroid dienone is 1. The van der Waals surface area contributed by atoms with Gasteiger partial charge in [0.1, 0.15) is 23.2 Å². The predicted molar refractivity (Wildman–Crippen MR) is 137 cm³/mol. The summed E-state index contributed by atoms with van der Waals surface area (Å²) < 4.78 is 15.9. The van der Waals surface area contributed by atoms with Crippen molar-refractivity contribution >= 4 is 28.8 Å². The molecule has 1 saturated carbocycles. The molecule has 4 aromatic rings. The van der Waals surface area contributed by atoms with E-state index in [0.717, 1.165) is 64.3 Å². The van der Waals surface area contributed by atoms with E-state index in [0.29, 0.717) is 11.3 Å². The van der Waals surface area contributed by atoms with Crippen LogP contribution < -0.4 is 0 Å². The minimum absolute atomic E-state index is 0.278. The molecule has 0 spiro atoms. The number of hydrogen-bond donors (Lipinski definition) is 1. The quantitative estimate of drug-likeness (QED) is 0.254. The largest absolute Gasteiger partial charge is 0.478 e. The molecule has 6 heteroatoms. The minimum Gasteiger partial charge on any atom is -0.478 e. The highest BCUT2D eigenvalue weighted by molar-refractivity contribution is 6.01. The third-order valence-electron chi connectivity index (χ3n) is 6.82. The van der Waals surface area contributed by atoms with Crippen LogP contribution in [0, 0.1) is 30.0 Å². The maximum absolute atomic E-state index is 14.1. The van der Waals surface area contributed by atoms with E-state index in [4.69, 9.17) is 5.11 Å². The van der Waals surface area contributed by atoms with Crippen LogP contribution in [0.15, 0.2) is 73.1 Å².